The Labute approximate surface area is 184 Å². The third-order valence-corrected chi connectivity index (χ3v) is 7.39. The third kappa shape index (κ3) is 6.54. The largest absolute Gasteiger partial charge is 0.378 e. The quantitative estimate of drug-likeness (QED) is 0.513. The highest BCUT2D eigenvalue weighted by molar-refractivity contribution is 5.21. The lowest BCUT2D eigenvalue weighted by Gasteiger charge is -2.41. The Bertz CT molecular complexity index is 583. The fourth-order valence-corrected chi connectivity index (χ4v) is 5.86. The van der Waals surface area contributed by atoms with Crippen LogP contribution in [0.5, 0.6) is 0 Å². The van der Waals surface area contributed by atoms with Crippen LogP contribution in [0.4, 0.5) is 0 Å². The fourth-order valence-electron chi connectivity index (χ4n) is 5.86. The molecule has 1 heterocycles. The van der Waals surface area contributed by atoms with Gasteiger partial charge in [-0.05, 0) is 90.6 Å². The Morgan fingerprint density at radius 2 is 1.63 bits per heavy atom. The Kier molecular flexibility index (Phi) is 9.66. The number of hydrogen-bond acceptors (Lipinski definition) is 4. The lowest BCUT2D eigenvalue weighted by Crippen LogP contribution is -2.37. The van der Waals surface area contributed by atoms with Crippen LogP contribution in [0.25, 0.3) is 0 Å². The van der Waals surface area contributed by atoms with Gasteiger partial charge < -0.3 is 14.4 Å². The second-order valence-corrected chi connectivity index (χ2v) is 9.63. The summed E-state index contributed by atoms with van der Waals surface area (Å²) in [6, 6.07) is 0. The van der Waals surface area contributed by atoms with Gasteiger partial charge in [0.15, 0.2) is 0 Å². The molecule has 2 fully saturated rings. The first kappa shape index (κ1) is 23.7. The summed E-state index contributed by atoms with van der Waals surface area (Å²) in [5.41, 5.74) is 2.81. The van der Waals surface area contributed by atoms with Crippen LogP contribution in [0.1, 0.15) is 95.7 Å². The zero-order valence-corrected chi connectivity index (χ0v) is 19.9. The number of ether oxygens (including phenoxy) is 2. The van der Waals surface area contributed by atoms with Gasteiger partial charge in [0.05, 0.1) is 18.4 Å². The first-order valence-electron chi connectivity index (χ1n) is 12.6. The summed E-state index contributed by atoms with van der Waals surface area (Å²) in [6.07, 6.45) is 14.1. The Morgan fingerprint density at radius 1 is 0.967 bits per heavy atom. The molecule has 0 radical (unpaired) electrons. The maximum absolute atomic E-state index is 6.04. The summed E-state index contributed by atoms with van der Waals surface area (Å²) in [5.74, 6) is 2.23. The molecule has 2 aliphatic carbocycles. The average Bonchev–Trinajstić information content (AvgIpc) is 3.20. The average molecular weight is 420 g/mol. The van der Waals surface area contributed by atoms with Gasteiger partial charge in [-0.2, -0.15) is 5.10 Å². The van der Waals surface area contributed by atoms with Gasteiger partial charge in [-0.25, -0.2) is 0 Å². The van der Waals surface area contributed by atoms with Crippen LogP contribution in [0.15, 0.2) is 6.20 Å². The van der Waals surface area contributed by atoms with E-state index in [9.17, 15) is 0 Å². The van der Waals surface area contributed by atoms with Crippen LogP contribution < -0.4 is 0 Å². The number of hydrogen-bond donors (Lipinski definition) is 1. The number of aromatic amines is 1. The summed E-state index contributed by atoms with van der Waals surface area (Å²) >= 11 is 0. The molecule has 5 nitrogen and oxygen atoms in total. The van der Waals surface area contributed by atoms with Crippen molar-refractivity contribution in [2.24, 2.45) is 11.8 Å². The van der Waals surface area contributed by atoms with Crippen molar-refractivity contribution in [1.82, 2.24) is 15.1 Å². The molecule has 0 aromatic carbocycles. The molecule has 2 atom stereocenters. The molecular weight excluding hydrogens is 374 g/mol. The van der Waals surface area contributed by atoms with Gasteiger partial charge >= 0.3 is 0 Å². The van der Waals surface area contributed by atoms with E-state index in [0.29, 0.717) is 18.1 Å². The van der Waals surface area contributed by atoms with E-state index in [1.165, 1.54) is 62.6 Å². The van der Waals surface area contributed by atoms with Crippen molar-refractivity contribution >= 4 is 0 Å². The highest BCUT2D eigenvalue weighted by Crippen LogP contribution is 2.44. The van der Waals surface area contributed by atoms with Gasteiger partial charge in [-0.1, -0.05) is 13.3 Å². The number of nitrogens with zero attached hydrogens (tertiary/aromatic N) is 2. The van der Waals surface area contributed by atoms with Crippen LogP contribution in [0.3, 0.4) is 0 Å². The maximum Gasteiger partial charge on any atom is 0.0602 e. The predicted octanol–water partition coefficient (Wildman–Crippen LogP) is 5.53. The van der Waals surface area contributed by atoms with E-state index in [4.69, 9.17) is 9.47 Å². The molecule has 0 bridgehead atoms. The number of aromatic nitrogens is 2. The topological polar surface area (TPSA) is 50.4 Å². The second-order valence-electron chi connectivity index (χ2n) is 9.63. The molecule has 3 rings (SSSR count). The van der Waals surface area contributed by atoms with E-state index >= 15 is 0 Å². The molecule has 172 valence electrons. The first-order chi connectivity index (χ1) is 14.6. The van der Waals surface area contributed by atoms with E-state index < -0.39 is 0 Å². The summed E-state index contributed by atoms with van der Waals surface area (Å²) in [6.45, 7) is 10.3. The van der Waals surface area contributed by atoms with E-state index in [-0.39, 0.29) is 0 Å². The smallest absolute Gasteiger partial charge is 0.0602 e. The van der Waals surface area contributed by atoms with Crippen molar-refractivity contribution in [3.05, 3.63) is 17.5 Å². The summed E-state index contributed by atoms with van der Waals surface area (Å²) in [5, 5.41) is 7.78. The third-order valence-electron chi connectivity index (χ3n) is 7.39. The SMILES string of the molecule is CCCCN(C)Cc1cn[nH]c1C1CCC(C2CC(OCC)CC(OCC)C2)CC1. The van der Waals surface area contributed by atoms with Gasteiger partial charge in [0.25, 0.3) is 0 Å². The Hall–Kier alpha value is -0.910. The van der Waals surface area contributed by atoms with E-state index in [1.807, 2.05) is 0 Å². The fraction of sp³-hybridized carbons (Fsp3) is 0.880. The molecule has 0 spiro atoms. The zero-order chi connectivity index (χ0) is 21.3. The lowest BCUT2D eigenvalue weighted by molar-refractivity contribution is -0.0674. The Morgan fingerprint density at radius 3 is 2.23 bits per heavy atom. The second kappa shape index (κ2) is 12.2. The minimum absolute atomic E-state index is 0.390. The zero-order valence-electron chi connectivity index (χ0n) is 19.9. The number of unbranched alkanes of at least 4 members (excludes halogenated alkanes) is 1. The first-order valence-corrected chi connectivity index (χ1v) is 12.6. The molecule has 30 heavy (non-hydrogen) atoms. The standard InChI is InChI=1S/C25H45N3O2/c1-5-8-13-28(4)18-22-17-26-27-25(22)20-11-9-19(10-12-20)21-14-23(29-6-2)16-24(15-21)30-7-3/h17,19-21,23-24H,5-16,18H2,1-4H3,(H,26,27). The highest BCUT2D eigenvalue weighted by Gasteiger charge is 2.36. The van der Waals surface area contributed by atoms with Crippen LogP contribution in [-0.2, 0) is 16.0 Å². The molecule has 0 saturated heterocycles. The van der Waals surface area contributed by atoms with Crippen LogP contribution in [0, 0.1) is 11.8 Å². The van der Waals surface area contributed by atoms with Crippen molar-refractivity contribution in [3.63, 3.8) is 0 Å². The van der Waals surface area contributed by atoms with Crippen molar-refractivity contribution < 1.29 is 9.47 Å². The van der Waals surface area contributed by atoms with Gasteiger partial charge in [0.1, 0.15) is 0 Å². The molecule has 1 N–H and O–H groups in total. The molecule has 1 aromatic heterocycles. The molecule has 5 heteroatoms. The molecule has 0 aliphatic heterocycles. The van der Waals surface area contributed by atoms with Gasteiger partial charge in [0.2, 0.25) is 0 Å². The van der Waals surface area contributed by atoms with Crippen LogP contribution in [0.2, 0.25) is 0 Å². The van der Waals surface area contributed by atoms with Crippen LogP contribution in [-0.4, -0.2) is 54.1 Å². The molecule has 0 amide bonds. The minimum atomic E-state index is 0.390. The van der Waals surface area contributed by atoms with Crippen LogP contribution >= 0.6 is 0 Å². The number of nitrogens with one attached hydrogen (secondary N) is 1. The number of rotatable bonds is 11. The van der Waals surface area contributed by atoms with E-state index in [1.54, 1.807) is 0 Å². The summed E-state index contributed by atoms with van der Waals surface area (Å²) in [4.78, 5) is 2.44. The monoisotopic (exact) mass is 419 g/mol. The van der Waals surface area contributed by atoms with E-state index in [0.717, 1.165) is 44.6 Å². The van der Waals surface area contributed by atoms with Crippen molar-refractivity contribution in [1.29, 1.82) is 0 Å². The molecule has 1 aromatic rings. The Balaban J connectivity index is 1.54. The summed E-state index contributed by atoms with van der Waals surface area (Å²) < 4.78 is 12.1. The van der Waals surface area contributed by atoms with E-state index in [2.05, 4.69) is 49.1 Å². The van der Waals surface area contributed by atoms with Crippen molar-refractivity contribution in [2.75, 3.05) is 26.8 Å². The maximum atomic E-state index is 6.04. The van der Waals surface area contributed by atoms with Crippen molar-refractivity contribution in [3.8, 4) is 0 Å². The predicted molar refractivity (Wildman–Crippen MR) is 123 cm³/mol. The van der Waals surface area contributed by atoms with Gasteiger partial charge in [-0.3, -0.25) is 5.10 Å². The van der Waals surface area contributed by atoms with Gasteiger partial charge in [0, 0.05) is 36.9 Å². The minimum Gasteiger partial charge on any atom is -0.378 e. The normalized spacial score (nSPS) is 30.1. The molecule has 2 saturated carbocycles. The highest BCUT2D eigenvalue weighted by atomic mass is 16.5. The van der Waals surface area contributed by atoms with Crippen molar-refractivity contribution in [2.45, 2.75) is 103 Å². The molecule has 2 unspecified atom stereocenters. The lowest BCUT2D eigenvalue weighted by atomic mass is 9.69. The number of H-pyrrole nitrogens is 1. The van der Waals surface area contributed by atoms with Gasteiger partial charge in [-0.15, -0.1) is 0 Å². The molecule has 2 aliphatic rings. The summed E-state index contributed by atoms with van der Waals surface area (Å²) in [7, 11) is 2.23. The molecular formula is C25H45N3O2.